The van der Waals surface area contributed by atoms with Crippen LogP contribution < -0.4 is 4.84 Å². The van der Waals surface area contributed by atoms with Crippen molar-refractivity contribution in [2.75, 3.05) is 13.2 Å². The van der Waals surface area contributed by atoms with Gasteiger partial charge in [0, 0.05) is 40.7 Å². The van der Waals surface area contributed by atoms with Crippen molar-refractivity contribution in [2.24, 2.45) is 0 Å². The van der Waals surface area contributed by atoms with Crippen LogP contribution in [0.5, 0.6) is 0 Å². The number of rotatable bonds is 3. The topological polar surface area (TPSA) is 34.1 Å². The molecule has 0 saturated heterocycles. The van der Waals surface area contributed by atoms with Gasteiger partial charge >= 0.3 is 0 Å². The Bertz CT molecular complexity index is 529. The quantitative estimate of drug-likeness (QED) is 0.877. The molecule has 0 saturated carbocycles. The molecule has 18 heavy (non-hydrogen) atoms. The van der Waals surface area contributed by atoms with Crippen LogP contribution in [0.1, 0.15) is 16.5 Å². The fourth-order valence-corrected chi connectivity index (χ4v) is 3.51. The van der Waals surface area contributed by atoms with E-state index in [1.165, 1.54) is 15.3 Å². The molecule has 1 aliphatic heterocycles. The van der Waals surface area contributed by atoms with Gasteiger partial charge in [-0.1, -0.05) is 6.07 Å². The number of halogens is 1. The summed E-state index contributed by atoms with van der Waals surface area (Å²) in [6.07, 6.45) is 4.74. The standard InChI is InChI=1S/C13H13ClN2OS/c14-16-8-11-10-6-13(9-2-1-4-15-7-9)18-12(10)3-5-17-11/h1-2,4,6-7,11,16H,3,5,8H2. The number of hydrogen-bond donors (Lipinski definition) is 1. The number of aromatic nitrogens is 1. The van der Waals surface area contributed by atoms with Crippen LogP contribution in [0.15, 0.2) is 30.6 Å². The van der Waals surface area contributed by atoms with Crippen molar-refractivity contribution in [2.45, 2.75) is 12.5 Å². The fourth-order valence-electron chi connectivity index (χ4n) is 2.18. The van der Waals surface area contributed by atoms with Gasteiger partial charge in [0.1, 0.15) is 0 Å². The minimum absolute atomic E-state index is 0.0629. The molecule has 5 heteroatoms. The van der Waals surface area contributed by atoms with Gasteiger partial charge in [-0.15, -0.1) is 11.3 Å². The zero-order valence-electron chi connectivity index (χ0n) is 9.73. The Balaban J connectivity index is 1.96. The lowest BCUT2D eigenvalue weighted by Crippen LogP contribution is -2.21. The van der Waals surface area contributed by atoms with E-state index in [-0.39, 0.29) is 6.10 Å². The summed E-state index contributed by atoms with van der Waals surface area (Å²) in [4.78, 5) is 9.48. The highest BCUT2D eigenvalue weighted by atomic mass is 35.5. The van der Waals surface area contributed by atoms with Crippen LogP contribution in [0, 0.1) is 0 Å². The van der Waals surface area contributed by atoms with Gasteiger partial charge in [0.2, 0.25) is 0 Å². The van der Waals surface area contributed by atoms with Crippen molar-refractivity contribution in [1.29, 1.82) is 0 Å². The largest absolute Gasteiger partial charge is 0.372 e. The summed E-state index contributed by atoms with van der Waals surface area (Å²) in [7, 11) is 0. The molecular weight excluding hydrogens is 268 g/mol. The highest BCUT2D eigenvalue weighted by molar-refractivity contribution is 7.15. The smallest absolute Gasteiger partial charge is 0.0973 e. The van der Waals surface area contributed by atoms with Gasteiger partial charge in [0.25, 0.3) is 0 Å². The van der Waals surface area contributed by atoms with Gasteiger partial charge in [0.15, 0.2) is 0 Å². The molecule has 0 amide bonds. The highest BCUT2D eigenvalue weighted by Crippen LogP contribution is 2.38. The van der Waals surface area contributed by atoms with Gasteiger partial charge in [-0.2, -0.15) is 0 Å². The Labute approximate surface area is 115 Å². The van der Waals surface area contributed by atoms with Crippen LogP contribution in [-0.4, -0.2) is 18.1 Å². The van der Waals surface area contributed by atoms with Crippen LogP contribution in [0.25, 0.3) is 10.4 Å². The summed E-state index contributed by atoms with van der Waals surface area (Å²) in [5.41, 5.74) is 2.42. The highest BCUT2D eigenvalue weighted by Gasteiger charge is 2.23. The Kier molecular flexibility index (Phi) is 3.61. The number of nitrogens with one attached hydrogen (secondary N) is 1. The Morgan fingerprint density at radius 1 is 1.56 bits per heavy atom. The third kappa shape index (κ3) is 2.29. The number of nitrogens with zero attached hydrogens (tertiary/aromatic N) is 1. The first kappa shape index (κ1) is 12.1. The lowest BCUT2D eigenvalue weighted by atomic mass is 10.1. The summed E-state index contributed by atoms with van der Waals surface area (Å²) < 4.78 is 5.74. The number of hydrogen-bond acceptors (Lipinski definition) is 4. The maximum atomic E-state index is 5.74. The first-order chi connectivity index (χ1) is 8.88. The molecule has 1 unspecified atom stereocenters. The lowest BCUT2D eigenvalue weighted by Gasteiger charge is -2.22. The minimum atomic E-state index is 0.0629. The summed E-state index contributed by atoms with van der Waals surface area (Å²) in [5.74, 6) is 0. The van der Waals surface area contributed by atoms with Crippen LogP contribution in [-0.2, 0) is 11.2 Å². The molecule has 1 N–H and O–H groups in total. The van der Waals surface area contributed by atoms with Crippen LogP contribution in [0.3, 0.4) is 0 Å². The predicted octanol–water partition coefficient (Wildman–Crippen LogP) is 3.17. The number of fused-ring (bicyclic) bond motifs is 1. The molecule has 3 nitrogen and oxygen atoms in total. The Hall–Kier alpha value is -0.940. The van der Waals surface area contributed by atoms with Gasteiger partial charge in [0.05, 0.1) is 12.7 Å². The fraction of sp³-hybridized carbons (Fsp3) is 0.308. The van der Waals surface area contributed by atoms with E-state index in [0.29, 0.717) is 6.54 Å². The molecule has 1 atom stereocenters. The van der Waals surface area contributed by atoms with E-state index in [4.69, 9.17) is 16.5 Å². The summed E-state index contributed by atoms with van der Waals surface area (Å²) in [6.45, 7) is 1.40. The molecule has 3 heterocycles. The zero-order valence-corrected chi connectivity index (χ0v) is 11.3. The average Bonchev–Trinajstić information content (AvgIpc) is 2.85. The number of pyridine rings is 1. The molecule has 0 radical (unpaired) electrons. The summed E-state index contributed by atoms with van der Waals surface area (Å²) in [6, 6.07) is 6.25. The molecule has 0 aliphatic carbocycles. The first-order valence-electron chi connectivity index (χ1n) is 5.86. The second kappa shape index (κ2) is 5.36. The average molecular weight is 281 g/mol. The zero-order chi connectivity index (χ0) is 12.4. The maximum absolute atomic E-state index is 5.74. The van der Waals surface area contributed by atoms with Gasteiger partial charge in [-0.3, -0.25) is 4.98 Å². The molecule has 2 aromatic heterocycles. The van der Waals surface area contributed by atoms with Crippen molar-refractivity contribution in [1.82, 2.24) is 9.82 Å². The summed E-state index contributed by atoms with van der Waals surface area (Å²) in [5, 5.41) is 0. The predicted molar refractivity (Wildman–Crippen MR) is 73.8 cm³/mol. The van der Waals surface area contributed by atoms with E-state index in [1.54, 1.807) is 6.20 Å². The molecule has 1 aliphatic rings. The van der Waals surface area contributed by atoms with Gasteiger partial charge in [-0.25, -0.2) is 4.84 Å². The van der Waals surface area contributed by atoms with Crippen molar-refractivity contribution in [3.63, 3.8) is 0 Å². The van der Waals surface area contributed by atoms with Gasteiger partial charge in [-0.05, 0) is 29.5 Å². The molecule has 0 bridgehead atoms. The Morgan fingerprint density at radius 3 is 3.28 bits per heavy atom. The maximum Gasteiger partial charge on any atom is 0.0973 e. The van der Waals surface area contributed by atoms with Crippen molar-refractivity contribution >= 4 is 23.1 Å². The van der Waals surface area contributed by atoms with E-state index in [9.17, 15) is 0 Å². The van der Waals surface area contributed by atoms with Gasteiger partial charge < -0.3 is 4.74 Å². The molecule has 0 spiro atoms. The van der Waals surface area contributed by atoms with E-state index >= 15 is 0 Å². The van der Waals surface area contributed by atoms with Crippen LogP contribution in [0.4, 0.5) is 0 Å². The molecule has 0 fully saturated rings. The minimum Gasteiger partial charge on any atom is -0.372 e. The monoisotopic (exact) mass is 280 g/mol. The molecule has 94 valence electrons. The first-order valence-corrected chi connectivity index (χ1v) is 7.06. The van der Waals surface area contributed by atoms with E-state index in [1.807, 2.05) is 23.6 Å². The third-order valence-electron chi connectivity index (χ3n) is 3.05. The summed E-state index contributed by atoms with van der Waals surface area (Å²) >= 11 is 7.42. The van der Waals surface area contributed by atoms with Crippen molar-refractivity contribution in [3.05, 3.63) is 41.0 Å². The van der Waals surface area contributed by atoms with Crippen molar-refractivity contribution < 1.29 is 4.74 Å². The molecule has 3 rings (SSSR count). The second-order valence-corrected chi connectivity index (χ2v) is 5.58. The number of thiophene rings is 1. The normalized spacial score (nSPS) is 18.6. The van der Waals surface area contributed by atoms with E-state index < -0.39 is 0 Å². The molecule has 0 aromatic carbocycles. The third-order valence-corrected chi connectivity index (χ3v) is 4.46. The number of ether oxygens (including phenoxy) is 1. The lowest BCUT2D eigenvalue weighted by molar-refractivity contribution is 0.0475. The molecule has 2 aromatic rings. The Morgan fingerprint density at radius 2 is 2.50 bits per heavy atom. The SMILES string of the molecule is ClNCC1OCCc2sc(-c3cccnc3)cc21. The molecular formula is C13H13ClN2OS. The van der Waals surface area contributed by atoms with E-state index in [0.717, 1.165) is 18.6 Å². The van der Waals surface area contributed by atoms with Crippen LogP contribution >= 0.6 is 23.1 Å². The van der Waals surface area contributed by atoms with E-state index in [2.05, 4.69) is 22.0 Å². The van der Waals surface area contributed by atoms with Crippen molar-refractivity contribution in [3.8, 4) is 10.4 Å². The van der Waals surface area contributed by atoms with Crippen LogP contribution in [0.2, 0.25) is 0 Å². The second-order valence-electron chi connectivity index (χ2n) is 4.18.